The van der Waals surface area contributed by atoms with Crippen molar-refractivity contribution in [2.24, 2.45) is 5.41 Å². The highest BCUT2D eigenvalue weighted by molar-refractivity contribution is 5.68. The largest absolute Gasteiger partial charge is 0.494 e. The zero-order valence-corrected chi connectivity index (χ0v) is 23.1. The van der Waals surface area contributed by atoms with Crippen molar-refractivity contribution in [2.75, 3.05) is 37.0 Å². The Bertz CT molecular complexity index is 1500. The lowest BCUT2D eigenvalue weighted by Gasteiger charge is -2.57. The average Bonchev–Trinajstić information content (AvgIpc) is 3.45. The summed E-state index contributed by atoms with van der Waals surface area (Å²) in [4.78, 5) is 11.0. The maximum Gasteiger partial charge on any atom is 0.227 e. The first-order valence-corrected chi connectivity index (χ1v) is 13.7. The minimum atomic E-state index is -0.790. The van der Waals surface area contributed by atoms with Gasteiger partial charge in [-0.25, -0.2) is 18.7 Å². The molecule has 6 rings (SSSR count). The van der Waals surface area contributed by atoms with Crippen molar-refractivity contribution < 1.29 is 23.0 Å². The summed E-state index contributed by atoms with van der Waals surface area (Å²) in [6.45, 7) is 4.45. The zero-order valence-electron chi connectivity index (χ0n) is 23.1. The molecule has 41 heavy (non-hydrogen) atoms. The van der Waals surface area contributed by atoms with Crippen LogP contribution in [0.4, 0.5) is 26.1 Å². The maximum absolute atomic E-state index is 14.6. The van der Waals surface area contributed by atoms with Crippen LogP contribution in [-0.2, 0) is 13.2 Å². The third-order valence-corrected chi connectivity index (χ3v) is 7.83. The fraction of sp³-hybridized carbons (Fsp3) is 0.367. The predicted octanol–water partition coefficient (Wildman–Crippen LogP) is 5.66. The molecule has 0 amide bonds. The fourth-order valence-corrected chi connectivity index (χ4v) is 5.40. The molecule has 0 bridgehead atoms. The predicted molar refractivity (Wildman–Crippen MR) is 150 cm³/mol. The Hall–Kier alpha value is -4.41. The number of methoxy groups -OCH3 is 1. The Balaban J connectivity index is 1.12. The van der Waals surface area contributed by atoms with Crippen LogP contribution in [0.2, 0.25) is 0 Å². The lowest BCUT2D eigenvalue weighted by molar-refractivity contribution is 0.0897. The molecule has 1 saturated carbocycles. The van der Waals surface area contributed by atoms with E-state index in [1.807, 2.05) is 29.1 Å². The molecule has 2 aromatic heterocycles. The van der Waals surface area contributed by atoms with Gasteiger partial charge in [-0.15, -0.1) is 0 Å². The third kappa shape index (κ3) is 5.61. The van der Waals surface area contributed by atoms with Gasteiger partial charge in [-0.2, -0.15) is 5.10 Å². The molecule has 214 valence electrons. The molecule has 0 atom stereocenters. The molecular formula is C30H32F2N6O3. The quantitative estimate of drug-likeness (QED) is 0.251. The van der Waals surface area contributed by atoms with Crippen LogP contribution in [-0.4, -0.2) is 46.6 Å². The van der Waals surface area contributed by atoms with E-state index in [2.05, 4.69) is 31.3 Å². The fourth-order valence-electron chi connectivity index (χ4n) is 5.40. The number of anilines is 3. The van der Waals surface area contributed by atoms with Crippen LogP contribution in [0.1, 0.15) is 30.4 Å². The SMILES string of the molecule is COc1cc(C)c(F)c(COc2cnc(Nc3ccc(N4CC5(CCC5)C4)c(OCCn4cccn4)c3)nc2)c1F. The van der Waals surface area contributed by atoms with E-state index in [9.17, 15) is 8.78 Å². The number of hydrogen-bond acceptors (Lipinski definition) is 8. The van der Waals surface area contributed by atoms with Crippen molar-refractivity contribution in [3.63, 3.8) is 0 Å². The molecule has 0 unspecified atom stereocenters. The number of halogens is 2. The summed E-state index contributed by atoms with van der Waals surface area (Å²) in [5.74, 6) is -0.0913. The Morgan fingerprint density at radius 3 is 2.51 bits per heavy atom. The van der Waals surface area contributed by atoms with Crippen LogP contribution in [0.5, 0.6) is 17.2 Å². The number of aryl methyl sites for hydroxylation is 1. The molecule has 1 spiro atoms. The molecule has 11 heteroatoms. The maximum atomic E-state index is 14.6. The number of nitrogens with zero attached hydrogens (tertiary/aromatic N) is 5. The summed E-state index contributed by atoms with van der Waals surface area (Å²) >= 11 is 0. The van der Waals surface area contributed by atoms with Gasteiger partial charge >= 0.3 is 0 Å². The molecule has 1 aliphatic heterocycles. The van der Waals surface area contributed by atoms with Gasteiger partial charge < -0.3 is 24.4 Å². The number of ether oxygens (including phenoxy) is 3. The number of benzene rings is 2. The van der Waals surface area contributed by atoms with E-state index < -0.39 is 11.6 Å². The van der Waals surface area contributed by atoms with Crippen LogP contribution < -0.4 is 24.4 Å². The molecule has 2 aliphatic rings. The summed E-state index contributed by atoms with van der Waals surface area (Å²) in [5.41, 5.74) is 2.39. The van der Waals surface area contributed by atoms with Crippen molar-refractivity contribution in [3.8, 4) is 17.2 Å². The van der Waals surface area contributed by atoms with Crippen molar-refractivity contribution in [1.82, 2.24) is 19.7 Å². The van der Waals surface area contributed by atoms with Crippen molar-refractivity contribution in [2.45, 2.75) is 39.3 Å². The van der Waals surface area contributed by atoms with E-state index in [4.69, 9.17) is 14.2 Å². The molecular weight excluding hydrogens is 530 g/mol. The molecule has 1 aliphatic carbocycles. The molecule has 1 N–H and O–H groups in total. The van der Waals surface area contributed by atoms with Gasteiger partial charge in [0.1, 0.15) is 24.8 Å². The molecule has 1 saturated heterocycles. The second-order valence-corrected chi connectivity index (χ2v) is 10.7. The van der Waals surface area contributed by atoms with E-state index in [0.29, 0.717) is 24.5 Å². The van der Waals surface area contributed by atoms with Gasteiger partial charge in [-0.3, -0.25) is 4.68 Å². The average molecular weight is 563 g/mol. The number of rotatable bonds is 11. The minimum Gasteiger partial charge on any atom is -0.494 e. The first kappa shape index (κ1) is 26.8. The molecule has 2 fully saturated rings. The lowest BCUT2D eigenvalue weighted by Crippen LogP contribution is -2.59. The summed E-state index contributed by atoms with van der Waals surface area (Å²) in [7, 11) is 1.33. The summed E-state index contributed by atoms with van der Waals surface area (Å²) in [6, 6.07) is 9.20. The monoisotopic (exact) mass is 562 g/mol. The van der Waals surface area contributed by atoms with Crippen LogP contribution >= 0.6 is 0 Å². The zero-order chi connectivity index (χ0) is 28.4. The number of hydrogen-bond donors (Lipinski definition) is 1. The normalized spacial score (nSPS) is 15.3. The van der Waals surface area contributed by atoms with Crippen molar-refractivity contribution in [1.29, 1.82) is 0 Å². The highest BCUT2D eigenvalue weighted by atomic mass is 19.1. The molecule has 9 nitrogen and oxygen atoms in total. The van der Waals surface area contributed by atoms with E-state index in [1.165, 1.54) is 44.8 Å². The Morgan fingerprint density at radius 1 is 1.02 bits per heavy atom. The Morgan fingerprint density at radius 2 is 1.83 bits per heavy atom. The van der Waals surface area contributed by atoms with Gasteiger partial charge in [0.15, 0.2) is 17.3 Å². The van der Waals surface area contributed by atoms with Gasteiger partial charge in [0, 0.05) is 42.7 Å². The van der Waals surface area contributed by atoms with Crippen molar-refractivity contribution in [3.05, 3.63) is 77.9 Å². The Kier molecular flexibility index (Phi) is 7.34. The van der Waals surface area contributed by atoms with E-state index in [-0.39, 0.29) is 29.2 Å². The van der Waals surface area contributed by atoms with Crippen molar-refractivity contribution >= 4 is 17.3 Å². The van der Waals surface area contributed by atoms with Gasteiger partial charge in [0.25, 0.3) is 0 Å². The van der Waals surface area contributed by atoms with Gasteiger partial charge in [0.05, 0.1) is 37.3 Å². The smallest absolute Gasteiger partial charge is 0.227 e. The topological polar surface area (TPSA) is 86.6 Å². The van der Waals surface area contributed by atoms with Crippen LogP contribution in [0.15, 0.2) is 55.1 Å². The van der Waals surface area contributed by atoms with E-state index in [1.54, 1.807) is 13.1 Å². The van der Waals surface area contributed by atoms with Gasteiger partial charge in [-0.1, -0.05) is 6.42 Å². The van der Waals surface area contributed by atoms with E-state index >= 15 is 0 Å². The summed E-state index contributed by atoms with van der Waals surface area (Å²) in [6.07, 6.45) is 10.5. The minimum absolute atomic E-state index is 0.0364. The number of nitrogens with one attached hydrogen (secondary N) is 1. The molecule has 4 aromatic rings. The molecule has 0 radical (unpaired) electrons. The van der Waals surface area contributed by atoms with Crippen LogP contribution in [0.25, 0.3) is 0 Å². The highest BCUT2D eigenvalue weighted by Crippen LogP contribution is 2.51. The number of aromatic nitrogens is 4. The second-order valence-electron chi connectivity index (χ2n) is 10.7. The van der Waals surface area contributed by atoms with Gasteiger partial charge in [-0.05, 0) is 49.6 Å². The standard InChI is InChI=1S/C30H32F2N6O3/c1-20-13-26(39-2)28(32)23(27(20)31)17-41-22-15-33-29(34-16-22)36-21-5-6-24(37-18-30(19-37)7-3-8-30)25(14-21)40-12-11-38-10-4-9-35-38/h4-6,9-10,13-16H,3,7-8,11-12,17-19H2,1-2H3,(H,33,34,36). The summed E-state index contributed by atoms with van der Waals surface area (Å²) < 4.78 is 47.7. The third-order valence-electron chi connectivity index (χ3n) is 7.83. The van der Waals surface area contributed by atoms with Crippen LogP contribution in [0.3, 0.4) is 0 Å². The first-order valence-electron chi connectivity index (χ1n) is 13.7. The van der Waals surface area contributed by atoms with E-state index in [0.717, 1.165) is 30.2 Å². The lowest BCUT2D eigenvalue weighted by atomic mass is 9.63. The molecule has 2 aromatic carbocycles. The second kappa shape index (κ2) is 11.2. The first-order chi connectivity index (χ1) is 19.9. The highest BCUT2D eigenvalue weighted by Gasteiger charge is 2.47. The Labute approximate surface area is 237 Å². The van der Waals surface area contributed by atoms with Crippen LogP contribution in [0, 0.1) is 24.0 Å². The molecule has 3 heterocycles. The van der Waals surface area contributed by atoms with Gasteiger partial charge in [0.2, 0.25) is 5.95 Å². The summed E-state index contributed by atoms with van der Waals surface area (Å²) in [5, 5.41) is 7.45.